The van der Waals surface area contributed by atoms with E-state index in [0.29, 0.717) is 11.0 Å². The van der Waals surface area contributed by atoms with Crippen molar-refractivity contribution in [2.45, 2.75) is 46.6 Å². The predicted octanol–water partition coefficient (Wildman–Crippen LogP) is -0.0886. The standard InChI is InChI=1S/C11H26N.BrH/c1-10(2,3)9-11(4,5)12(6,7)8;/h9H2,1-8H3;1H/q+1;/p-1. The monoisotopic (exact) mass is 251 g/mol. The molecule has 0 fully saturated rings. The van der Waals surface area contributed by atoms with Crippen molar-refractivity contribution in [1.29, 1.82) is 0 Å². The van der Waals surface area contributed by atoms with Gasteiger partial charge in [0, 0.05) is 6.42 Å². The van der Waals surface area contributed by atoms with Gasteiger partial charge in [0.15, 0.2) is 0 Å². The van der Waals surface area contributed by atoms with E-state index >= 15 is 0 Å². The van der Waals surface area contributed by atoms with Gasteiger partial charge in [-0.15, -0.1) is 0 Å². The zero-order chi connectivity index (χ0) is 10.2. The first kappa shape index (κ1) is 15.9. The highest BCUT2D eigenvalue weighted by Gasteiger charge is 2.36. The first-order valence-corrected chi connectivity index (χ1v) is 4.77. The molecular weight excluding hydrogens is 226 g/mol. The maximum atomic E-state index is 2.35. The summed E-state index contributed by atoms with van der Waals surface area (Å²) in [4.78, 5) is 0. The van der Waals surface area contributed by atoms with Crippen molar-refractivity contribution in [3.8, 4) is 0 Å². The van der Waals surface area contributed by atoms with Crippen LogP contribution >= 0.6 is 0 Å². The number of hydrogen-bond acceptors (Lipinski definition) is 0. The quantitative estimate of drug-likeness (QED) is 0.603. The van der Waals surface area contributed by atoms with E-state index in [2.05, 4.69) is 55.8 Å². The van der Waals surface area contributed by atoms with E-state index in [1.165, 1.54) is 6.42 Å². The molecule has 0 aliphatic carbocycles. The van der Waals surface area contributed by atoms with E-state index in [1.807, 2.05) is 0 Å². The van der Waals surface area contributed by atoms with Gasteiger partial charge in [-0.25, -0.2) is 0 Å². The van der Waals surface area contributed by atoms with Gasteiger partial charge >= 0.3 is 0 Å². The summed E-state index contributed by atoms with van der Waals surface area (Å²) in [7, 11) is 6.81. The number of hydrogen-bond donors (Lipinski definition) is 0. The molecule has 82 valence electrons. The van der Waals surface area contributed by atoms with Crippen molar-refractivity contribution in [3.63, 3.8) is 0 Å². The summed E-state index contributed by atoms with van der Waals surface area (Å²) in [5.41, 5.74) is 0.785. The lowest BCUT2D eigenvalue weighted by molar-refractivity contribution is -0.920. The molecule has 0 spiro atoms. The molecule has 0 rings (SSSR count). The summed E-state index contributed by atoms with van der Waals surface area (Å²) >= 11 is 0. The van der Waals surface area contributed by atoms with Crippen LogP contribution in [0, 0.1) is 5.41 Å². The number of nitrogens with zero attached hydrogens (tertiary/aromatic N) is 1. The Morgan fingerprint density at radius 2 is 1.15 bits per heavy atom. The van der Waals surface area contributed by atoms with Crippen LogP contribution in [0.1, 0.15) is 41.0 Å². The fourth-order valence-electron chi connectivity index (χ4n) is 1.54. The molecule has 1 nitrogen and oxygen atoms in total. The largest absolute Gasteiger partial charge is 1.00 e. The molecule has 0 heterocycles. The minimum Gasteiger partial charge on any atom is -1.00 e. The Morgan fingerprint density at radius 1 is 0.846 bits per heavy atom. The van der Waals surface area contributed by atoms with Gasteiger partial charge in [0.05, 0.1) is 26.7 Å². The molecule has 0 saturated heterocycles. The van der Waals surface area contributed by atoms with Crippen molar-refractivity contribution in [3.05, 3.63) is 0 Å². The molecule has 0 N–H and O–H groups in total. The Labute approximate surface area is 94.9 Å². The molecule has 0 aliphatic rings. The van der Waals surface area contributed by atoms with Gasteiger partial charge in [0.25, 0.3) is 0 Å². The molecule has 2 heteroatoms. The van der Waals surface area contributed by atoms with Crippen LogP contribution in [0.25, 0.3) is 0 Å². The minimum absolute atomic E-state index is 0. The van der Waals surface area contributed by atoms with E-state index in [9.17, 15) is 0 Å². The lowest BCUT2D eigenvalue weighted by atomic mass is 9.80. The van der Waals surface area contributed by atoms with Gasteiger partial charge in [-0.3, -0.25) is 0 Å². The van der Waals surface area contributed by atoms with Crippen LogP contribution in [0.2, 0.25) is 0 Å². The Hall–Kier alpha value is 0.440. The molecule has 0 aromatic rings. The summed E-state index contributed by atoms with van der Waals surface area (Å²) in [6.07, 6.45) is 1.25. The number of quaternary nitrogens is 1. The highest BCUT2D eigenvalue weighted by molar-refractivity contribution is 4.76. The third kappa shape index (κ3) is 5.69. The zero-order valence-electron chi connectivity index (χ0n) is 10.5. The first-order valence-electron chi connectivity index (χ1n) is 4.77. The second-order valence-electron chi connectivity index (χ2n) is 6.56. The molecular formula is C11H26BrN. The van der Waals surface area contributed by atoms with Crippen LogP contribution in [-0.2, 0) is 0 Å². The van der Waals surface area contributed by atoms with E-state index < -0.39 is 0 Å². The summed E-state index contributed by atoms with van der Waals surface area (Å²) in [5.74, 6) is 0. The maximum Gasteiger partial charge on any atom is 0.0934 e. The number of rotatable bonds is 2. The van der Waals surface area contributed by atoms with Crippen molar-refractivity contribution >= 4 is 0 Å². The number of halogens is 1. The van der Waals surface area contributed by atoms with E-state index in [1.54, 1.807) is 0 Å². The minimum atomic E-state index is 0. The summed E-state index contributed by atoms with van der Waals surface area (Å²) < 4.78 is 1.03. The third-order valence-corrected chi connectivity index (χ3v) is 2.78. The second-order valence-corrected chi connectivity index (χ2v) is 6.56. The van der Waals surface area contributed by atoms with Crippen molar-refractivity contribution in [2.24, 2.45) is 5.41 Å². The van der Waals surface area contributed by atoms with Gasteiger partial charge in [0.2, 0.25) is 0 Å². The van der Waals surface area contributed by atoms with Crippen molar-refractivity contribution in [2.75, 3.05) is 21.1 Å². The fraction of sp³-hybridized carbons (Fsp3) is 1.00. The molecule has 0 aromatic heterocycles. The van der Waals surface area contributed by atoms with Crippen LogP contribution in [0.5, 0.6) is 0 Å². The predicted molar refractivity (Wildman–Crippen MR) is 56.2 cm³/mol. The molecule has 0 saturated carbocycles. The van der Waals surface area contributed by atoms with Gasteiger partial charge in [-0.1, -0.05) is 20.8 Å². The topological polar surface area (TPSA) is 0 Å². The van der Waals surface area contributed by atoms with Crippen LogP contribution in [0.4, 0.5) is 0 Å². The molecule has 0 aliphatic heterocycles. The van der Waals surface area contributed by atoms with Gasteiger partial charge in [-0.05, 0) is 19.3 Å². The molecule has 0 aromatic carbocycles. The SMILES string of the molecule is CC(C)(C)CC(C)(C)[N+](C)(C)C.[Br-]. The molecule has 0 atom stereocenters. The van der Waals surface area contributed by atoms with Crippen molar-refractivity contribution in [1.82, 2.24) is 0 Å². The highest BCUT2D eigenvalue weighted by atomic mass is 79.9. The normalized spacial score (nSPS) is 13.8. The molecule has 13 heavy (non-hydrogen) atoms. The third-order valence-electron chi connectivity index (χ3n) is 2.78. The Balaban J connectivity index is 0. The molecule has 0 radical (unpaired) electrons. The van der Waals surface area contributed by atoms with E-state index in [4.69, 9.17) is 0 Å². The highest BCUT2D eigenvalue weighted by Crippen LogP contribution is 2.32. The Kier molecular flexibility index (Phi) is 5.27. The zero-order valence-corrected chi connectivity index (χ0v) is 12.1. The molecule has 0 bridgehead atoms. The first-order chi connectivity index (χ1) is 4.96. The fourth-order valence-corrected chi connectivity index (χ4v) is 1.54. The van der Waals surface area contributed by atoms with E-state index in [0.717, 1.165) is 4.48 Å². The lowest BCUT2D eigenvalue weighted by Crippen LogP contribution is -3.00. The van der Waals surface area contributed by atoms with Crippen molar-refractivity contribution < 1.29 is 21.5 Å². The summed E-state index contributed by atoms with van der Waals surface area (Å²) in [6, 6.07) is 0. The summed E-state index contributed by atoms with van der Waals surface area (Å²) in [6.45, 7) is 11.6. The average Bonchev–Trinajstić information content (AvgIpc) is 1.52. The van der Waals surface area contributed by atoms with E-state index in [-0.39, 0.29) is 17.0 Å². The summed E-state index contributed by atoms with van der Waals surface area (Å²) in [5, 5.41) is 0. The molecule has 0 unspecified atom stereocenters. The van der Waals surface area contributed by atoms with Crippen LogP contribution in [-0.4, -0.2) is 31.2 Å². The molecule has 0 amide bonds. The maximum absolute atomic E-state index is 2.35. The van der Waals surface area contributed by atoms with Crippen LogP contribution in [0.15, 0.2) is 0 Å². The average molecular weight is 252 g/mol. The van der Waals surface area contributed by atoms with Gasteiger partial charge < -0.3 is 21.5 Å². The van der Waals surface area contributed by atoms with Crippen LogP contribution in [0.3, 0.4) is 0 Å². The van der Waals surface area contributed by atoms with Crippen LogP contribution < -0.4 is 17.0 Å². The van der Waals surface area contributed by atoms with Gasteiger partial charge in [0.1, 0.15) is 0 Å². The smallest absolute Gasteiger partial charge is 0.0934 e. The van der Waals surface area contributed by atoms with Gasteiger partial charge in [-0.2, -0.15) is 0 Å². The lowest BCUT2D eigenvalue weighted by Gasteiger charge is -2.44. The Bertz CT molecular complexity index is 148. The Morgan fingerprint density at radius 3 is 1.23 bits per heavy atom. The second kappa shape index (κ2) is 4.31.